The number of aliphatic hydroxyl groups is 1. The summed E-state index contributed by atoms with van der Waals surface area (Å²) in [5.74, 6) is -0.687. The maximum absolute atomic E-state index is 12.1. The summed E-state index contributed by atoms with van der Waals surface area (Å²) in [6, 6.07) is 6.96. The fourth-order valence-electron chi connectivity index (χ4n) is 2.75. The third-order valence-electron chi connectivity index (χ3n) is 4.48. The second-order valence-electron chi connectivity index (χ2n) is 6.17. The molecule has 4 atom stereocenters. The minimum atomic E-state index is -0.767. The second kappa shape index (κ2) is 9.61. The van der Waals surface area contributed by atoms with E-state index in [0.717, 1.165) is 10.6 Å². The maximum Gasteiger partial charge on any atom is 0.251 e. The Balaban J connectivity index is 2.62. The molecule has 0 spiro atoms. The molecule has 0 aliphatic rings. The molecule has 0 saturated heterocycles. The number of nitrogens with zero attached hydrogens (tertiary/aromatic N) is 1. The maximum atomic E-state index is 12.1. The van der Waals surface area contributed by atoms with Crippen LogP contribution in [-0.4, -0.2) is 48.6 Å². The van der Waals surface area contributed by atoms with Gasteiger partial charge in [0.25, 0.3) is 5.91 Å². The Morgan fingerprint density at radius 1 is 1.25 bits per heavy atom. The van der Waals surface area contributed by atoms with Gasteiger partial charge in [-0.3, -0.25) is 9.63 Å². The molecule has 0 unspecified atom stereocenters. The summed E-state index contributed by atoms with van der Waals surface area (Å²) in [5, 5.41) is 21.1. The number of hydrogen-bond acceptors (Lipinski definition) is 5. The van der Waals surface area contributed by atoms with Gasteiger partial charge in [-0.2, -0.15) is 0 Å². The van der Waals surface area contributed by atoms with Crippen molar-refractivity contribution in [3.63, 3.8) is 0 Å². The standard InChI is InChI=1S/C18H29NO5/c1-12(17(21)13(2)18(22)19(3)24-5)9-10-16(23-4)14-7-6-8-15(20)11-14/h6-8,11-13,16-17,20-21H,9-10H2,1-5H3/t12-,13+,16-,17+/m0/s1. The zero-order valence-electron chi connectivity index (χ0n) is 15.1. The molecule has 6 nitrogen and oxygen atoms in total. The van der Waals surface area contributed by atoms with E-state index in [1.165, 1.54) is 14.2 Å². The van der Waals surface area contributed by atoms with Crippen molar-refractivity contribution in [1.82, 2.24) is 5.06 Å². The van der Waals surface area contributed by atoms with Crippen molar-refractivity contribution < 1.29 is 24.6 Å². The van der Waals surface area contributed by atoms with Crippen LogP contribution in [-0.2, 0) is 14.4 Å². The normalized spacial score (nSPS) is 16.2. The van der Waals surface area contributed by atoms with Gasteiger partial charge in [-0.15, -0.1) is 0 Å². The molecule has 0 aliphatic heterocycles. The molecule has 0 radical (unpaired) electrons. The molecule has 136 valence electrons. The molecule has 1 aromatic carbocycles. The first-order valence-corrected chi connectivity index (χ1v) is 8.13. The topological polar surface area (TPSA) is 79.2 Å². The molecule has 0 aromatic heterocycles. The Morgan fingerprint density at radius 2 is 1.92 bits per heavy atom. The van der Waals surface area contributed by atoms with Gasteiger partial charge in [-0.1, -0.05) is 26.0 Å². The quantitative estimate of drug-likeness (QED) is 0.676. The van der Waals surface area contributed by atoms with Crippen molar-refractivity contribution >= 4 is 5.91 Å². The molecule has 24 heavy (non-hydrogen) atoms. The lowest BCUT2D eigenvalue weighted by atomic mass is 9.88. The van der Waals surface area contributed by atoms with Crippen LogP contribution in [0.2, 0.25) is 0 Å². The fourth-order valence-corrected chi connectivity index (χ4v) is 2.75. The van der Waals surface area contributed by atoms with Crippen LogP contribution in [0.5, 0.6) is 5.75 Å². The number of benzene rings is 1. The van der Waals surface area contributed by atoms with E-state index in [1.54, 1.807) is 32.2 Å². The highest BCUT2D eigenvalue weighted by atomic mass is 16.7. The van der Waals surface area contributed by atoms with Crippen molar-refractivity contribution in [2.24, 2.45) is 11.8 Å². The molecule has 0 fully saturated rings. The molecular formula is C18H29NO5. The molecule has 2 N–H and O–H groups in total. The van der Waals surface area contributed by atoms with Gasteiger partial charge in [-0.25, -0.2) is 5.06 Å². The van der Waals surface area contributed by atoms with Crippen molar-refractivity contribution in [2.45, 2.75) is 38.9 Å². The number of hydroxylamine groups is 2. The van der Waals surface area contributed by atoms with Gasteiger partial charge in [-0.05, 0) is 36.5 Å². The molecule has 0 aliphatic carbocycles. The fraction of sp³-hybridized carbons (Fsp3) is 0.611. The lowest BCUT2D eigenvalue weighted by molar-refractivity contribution is -0.177. The summed E-state index contributed by atoms with van der Waals surface area (Å²) >= 11 is 0. The van der Waals surface area contributed by atoms with Gasteiger partial charge in [0.05, 0.1) is 25.2 Å². The highest BCUT2D eigenvalue weighted by Crippen LogP contribution is 2.28. The van der Waals surface area contributed by atoms with Crippen molar-refractivity contribution in [1.29, 1.82) is 0 Å². The van der Waals surface area contributed by atoms with Gasteiger partial charge in [0.1, 0.15) is 5.75 Å². The van der Waals surface area contributed by atoms with Crippen LogP contribution in [0.25, 0.3) is 0 Å². The van der Waals surface area contributed by atoms with Crippen LogP contribution in [0.1, 0.15) is 38.4 Å². The van der Waals surface area contributed by atoms with E-state index in [9.17, 15) is 15.0 Å². The van der Waals surface area contributed by atoms with Crippen LogP contribution >= 0.6 is 0 Å². The number of phenols is 1. The van der Waals surface area contributed by atoms with Gasteiger partial charge in [0.2, 0.25) is 0 Å². The Kier molecular flexibility index (Phi) is 8.18. The predicted octanol–water partition coefficient (Wildman–Crippen LogP) is 2.51. The molecule has 1 amide bonds. The van der Waals surface area contributed by atoms with Gasteiger partial charge < -0.3 is 14.9 Å². The number of amides is 1. The number of carbonyl (C=O) groups is 1. The number of aliphatic hydroxyl groups excluding tert-OH is 1. The van der Waals surface area contributed by atoms with E-state index >= 15 is 0 Å². The van der Waals surface area contributed by atoms with Crippen LogP contribution in [0.3, 0.4) is 0 Å². The van der Waals surface area contributed by atoms with Crippen molar-refractivity contribution in [3.8, 4) is 5.75 Å². The Labute approximate surface area is 144 Å². The molecule has 1 aromatic rings. The Bertz CT molecular complexity index is 522. The number of carbonyl (C=O) groups excluding carboxylic acids is 1. The first-order valence-electron chi connectivity index (χ1n) is 8.13. The minimum absolute atomic E-state index is 0.0795. The van der Waals surface area contributed by atoms with Crippen molar-refractivity contribution in [3.05, 3.63) is 29.8 Å². The summed E-state index contributed by atoms with van der Waals surface area (Å²) in [7, 11) is 4.56. The zero-order chi connectivity index (χ0) is 18.3. The number of methoxy groups -OCH3 is 1. The summed E-state index contributed by atoms with van der Waals surface area (Å²) in [5.41, 5.74) is 0.891. The predicted molar refractivity (Wildman–Crippen MR) is 91.2 cm³/mol. The molecular weight excluding hydrogens is 310 g/mol. The number of rotatable bonds is 9. The van der Waals surface area contributed by atoms with Gasteiger partial charge in [0, 0.05) is 14.2 Å². The van der Waals surface area contributed by atoms with Crippen LogP contribution in [0.4, 0.5) is 0 Å². The lowest BCUT2D eigenvalue weighted by Crippen LogP contribution is -2.39. The van der Waals surface area contributed by atoms with Crippen LogP contribution in [0, 0.1) is 11.8 Å². The summed E-state index contributed by atoms with van der Waals surface area (Å²) < 4.78 is 5.50. The molecule has 0 saturated carbocycles. The monoisotopic (exact) mass is 339 g/mol. The van der Waals surface area contributed by atoms with E-state index in [2.05, 4.69) is 0 Å². The SMILES string of the molecule is CO[C@@H](CC[C@H](C)[C@@H](O)[C@@H](C)C(=O)N(C)OC)c1cccc(O)c1. The van der Waals surface area contributed by atoms with Crippen LogP contribution < -0.4 is 0 Å². The highest BCUT2D eigenvalue weighted by molar-refractivity contribution is 5.77. The Hall–Kier alpha value is -1.63. The third-order valence-corrected chi connectivity index (χ3v) is 4.48. The number of aromatic hydroxyl groups is 1. The average molecular weight is 339 g/mol. The lowest BCUT2D eigenvalue weighted by Gasteiger charge is -2.27. The van der Waals surface area contributed by atoms with E-state index in [0.29, 0.717) is 12.8 Å². The molecule has 0 bridgehead atoms. The number of hydrogen-bond donors (Lipinski definition) is 2. The average Bonchev–Trinajstić information content (AvgIpc) is 2.59. The largest absolute Gasteiger partial charge is 0.508 e. The van der Waals surface area contributed by atoms with Crippen LogP contribution in [0.15, 0.2) is 24.3 Å². The van der Waals surface area contributed by atoms with Gasteiger partial charge in [0.15, 0.2) is 0 Å². The Morgan fingerprint density at radius 3 is 2.46 bits per heavy atom. The minimum Gasteiger partial charge on any atom is -0.508 e. The van der Waals surface area contributed by atoms with E-state index in [1.807, 2.05) is 13.0 Å². The molecule has 6 heteroatoms. The zero-order valence-corrected chi connectivity index (χ0v) is 15.1. The van der Waals surface area contributed by atoms with Gasteiger partial charge >= 0.3 is 0 Å². The second-order valence-corrected chi connectivity index (χ2v) is 6.17. The first-order chi connectivity index (χ1) is 11.3. The number of ether oxygens (including phenoxy) is 1. The molecule has 0 heterocycles. The van der Waals surface area contributed by atoms with Crippen molar-refractivity contribution in [2.75, 3.05) is 21.3 Å². The third kappa shape index (κ3) is 5.47. The first kappa shape index (κ1) is 20.4. The summed E-state index contributed by atoms with van der Waals surface area (Å²) in [4.78, 5) is 16.9. The number of phenolic OH excluding ortho intramolecular Hbond substituents is 1. The van der Waals surface area contributed by atoms with E-state index < -0.39 is 12.0 Å². The summed E-state index contributed by atoms with van der Waals surface area (Å²) in [6.07, 6.45) is 0.430. The molecule has 1 rings (SSSR count). The van der Waals surface area contributed by atoms with E-state index in [4.69, 9.17) is 9.57 Å². The highest BCUT2D eigenvalue weighted by Gasteiger charge is 2.29. The summed E-state index contributed by atoms with van der Waals surface area (Å²) in [6.45, 7) is 3.61. The smallest absolute Gasteiger partial charge is 0.251 e. The van der Waals surface area contributed by atoms with E-state index in [-0.39, 0.29) is 23.7 Å².